The standard InChI is InChI=1S/C8H16O2/c1-2-5-8(10)6-3-4-7-9/h3-4,8-10H,2,5-7H2,1H3/b4-3-/t8-/m1/s1. The van der Waals surface area contributed by atoms with Crippen LogP contribution in [0.4, 0.5) is 0 Å². The van der Waals surface area contributed by atoms with Crippen molar-refractivity contribution >= 4 is 0 Å². The molecule has 0 aromatic carbocycles. The molecule has 2 nitrogen and oxygen atoms in total. The summed E-state index contributed by atoms with van der Waals surface area (Å²) >= 11 is 0. The second-order valence-electron chi connectivity index (χ2n) is 2.33. The van der Waals surface area contributed by atoms with E-state index in [9.17, 15) is 0 Å². The molecule has 1 atom stereocenters. The zero-order chi connectivity index (χ0) is 7.82. The monoisotopic (exact) mass is 144 g/mol. The van der Waals surface area contributed by atoms with E-state index in [1.54, 1.807) is 12.2 Å². The Bertz CT molecular complexity index is 89.3. The van der Waals surface area contributed by atoms with Crippen molar-refractivity contribution in [3.05, 3.63) is 12.2 Å². The Kier molecular flexibility index (Phi) is 6.55. The van der Waals surface area contributed by atoms with Crippen LogP contribution in [0.5, 0.6) is 0 Å². The molecule has 0 unspecified atom stereocenters. The van der Waals surface area contributed by atoms with Crippen LogP contribution in [0, 0.1) is 0 Å². The molecule has 0 aliphatic heterocycles. The maximum atomic E-state index is 9.14. The van der Waals surface area contributed by atoms with E-state index in [0.29, 0.717) is 6.42 Å². The van der Waals surface area contributed by atoms with E-state index in [1.165, 1.54) is 0 Å². The van der Waals surface area contributed by atoms with E-state index < -0.39 is 0 Å². The minimum atomic E-state index is -0.229. The van der Waals surface area contributed by atoms with Crippen molar-refractivity contribution in [3.63, 3.8) is 0 Å². The van der Waals surface area contributed by atoms with E-state index in [0.717, 1.165) is 12.8 Å². The molecule has 60 valence electrons. The molecule has 0 spiro atoms. The van der Waals surface area contributed by atoms with Gasteiger partial charge in [0.05, 0.1) is 12.7 Å². The molecule has 0 aromatic rings. The molecule has 0 aliphatic carbocycles. The van der Waals surface area contributed by atoms with Gasteiger partial charge in [-0.2, -0.15) is 0 Å². The second-order valence-corrected chi connectivity index (χ2v) is 2.33. The Morgan fingerprint density at radius 1 is 1.40 bits per heavy atom. The number of hydrogen-bond donors (Lipinski definition) is 2. The van der Waals surface area contributed by atoms with Crippen molar-refractivity contribution in [2.24, 2.45) is 0 Å². The van der Waals surface area contributed by atoms with Gasteiger partial charge in [-0.25, -0.2) is 0 Å². The third kappa shape index (κ3) is 5.79. The molecule has 2 N–H and O–H groups in total. The third-order valence-corrected chi connectivity index (χ3v) is 1.30. The minimum Gasteiger partial charge on any atom is -0.393 e. The SMILES string of the molecule is CCC[C@@H](O)C/C=C\CO. The summed E-state index contributed by atoms with van der Waals surface area (Å²) in [5, 5.41) is 17.5. The fourth-order valence-corrected chi connectivity index (χ4v) is 0.779. The van der Waals surface area contributed by atoms with Gasteiger partial charge in [0, 0.05) is 0 Å². The normalized spacial score (nSPS) is 14.3. The first-order chi connectivity index (χ1) is 4.81. The average Bonchev–Trinajstić information content (AvgIpc) is 1.89. The van der Waals surface area contributed by atoms with E-state index in [4.69, 9.17) is 10.2 Å². The zero-order valence-corrected chi connectivity index (χ0v) is 6.45. The average molecular weight is 144 g/mol. The van der Waals surface area contributed by atoms with Crippen LogP contribution < -0.4 is 0 Å². The summed E-state index contributed by atoms with van der Waals surface area (Å²) < 4.78 is 0. The first-order valence-corrected chi connectivity index (χ1v) is 3.75. The molecule has 0 amide bonds. The Labute approximate surface area is 62.2 Å². The van der Waals surface area contributed by atoms with Gasteiger partial charge in [0.1, 0.15) is 0 Å². The molecular weight excluding hydrogens is 128 g/mol. The quantitative estimate of drug-likeness (QED) is 0.567. The lowest BCUT2D eigenvalue weighted by Gasteiger charge is -2.03. The number of hydrogen-bond acceptors (Lipinski definition) is 2. The molecule has 0 bridgehead atoms. The molecule has 10 heavy (non-hydrogen) atoms. The van der Waals surface area contributed by atoms with Gasteiger partial charge in [-0.3, -0.25) is 0 Å². The third-order valence-electron chi connectivity index (χ3n) is 1.30. The molecular formula is C8H16O2. The van der Waals surface area contributed by atoms with Crippen LogP contribution in [-0.4, -0.2) is 22.9 Å². The molecule has 0 aromatic heterocycles. The highest BCUT2D eigenvalue weighted by Gasteiger charge is 1.97. The topological polar surface area (TPSA) is 40.5 Å². The maximum Gasteiger partial charge on any atom is 0.0612 e. The Balaban J connectivity index is 3.20. The summed E-state index contributed by atoms with van der Waals surface area (Å²) in [6.07, 6.45) is 5.74. The Morgan fingerprint density at radius 3 is 2.60 bits per heavy atom. The lowest BCUT2D eigenvalue weighted by Crippen LogP contribution is -2.03. The van der Waals surface area contributed by atoms with Crippen molar-refractivity contribution in [1.82, 2.24) is 0 Å². The highest BCUT2D eigenvalue weighted by molar-refractivity contribution is 4.83. The lowest BCUT2D eigenvalue weighted by molar-refractivity contribution is 0.166. The van der Waals surface area contributed by atoms with Crippen LogP contribution in [-0.2, 0) is 0 Å². The van der Waals surface area contributed by atoms with E-state index >= 15 is 0 Å². The van der Waals surface area contributed by atoms with Gasteiger partial charge in [0.2, 0.25) is 0 Å². The summed E-state index contributed by atoms with van der Waals surface area (Å²) in [5.74, 6) is 0. The first-order valence-electron chi connectivity index (χ1n) is 3.75. The van der Waals surface area contributed by atoms with Gasteiger partial charge in [0.15, 0.2) is 0 Å². The predicted molar refractivity (Wildman–Crippen MR) is 41.8 cm³/mol. The molecule has 0 heterocycles. The van der Waals surface area contributed by atoms with Crippen molar-refractivity contribution in [1.29, 1.82) is 0 Å². The largest absolute Gasteiger partial charge is 0.393 e. The highest BCUT2D eigenvalue weighted by atomic mass is 16.3. The molecule has 0 rings (SSSR count). The Morgan fingerprint density at radius 2 is 2.10 bits per heavy atom. The summed E-state index contributed by atoms with van der Waals surface area (Å²) in [4.78, 5) is 0. The van der Waals surface area contributed by atoms with E-state index in [2.05, 4.69) is 0 Å². The van der Waals surface area contributed by atoms with Gasteiger partial charge in [-0.05, 0) is 12.8 Å². The van der Waals surface area contributed by atoms with Crippen molar-refractivity contribution in [2.75, 3.05) is 6.61 Å². The molecule has 0 fully saturated rings. The number of aliphatic hydroxyl groups is 2. The number of rotatable bonds is 5. The van der Waals surface area contributed by atoms with Gasteiger partial charge >= 0.3 is 0 Å². The van der Waals surface area contributed by atoms with Crippen LogP contribution in [0.2, 0.25) is 0 Å². The summed E-state index contributed by atoms with van der Waals surface area (Å²) in [6.45, 7) is 2.11. The Hall–Kier alpha value is -0.340. The number of aliphatic hydroxyl groups excluding tert-OH is 2. The van der Waals surface area contributed by atoms with Gasteiger partial charge in [-0.1, -0.05) is 25.5 Å². The molecule has 0 aliphatic rings. The smallest absolute Gasteiger partial charge is 0.0612 e. The van der Waals surface area contributed by atoms with Crippen LogP contribution >= 0.6 is 0 Å². The van der Waals surface area contributed by atoms with Crippen LogP contribution in [0.1, 0.15) is 26.2 Å². The maximum absolute atomic E-state index is 9.14. The summed E-state index contributed by atoms with van der Waals surface area (Å²) in [5.41, 5.74) is 0. The van der Waals surface area contributed by atoms with Gasteiger partial charge < -0.3 is 10.2 Å². The van der Waals surface area contributed by atoms with E-state index in [1.807, 2.05) is 6.92 Å². The molecule has 0 radical (unpaired) electrons. The highest BCUT2D eigenvalue weighted by Crippen LogP contribution is 2.00. The lowest BCUT2D eigenvalue weighted by atomic mass is 10.1. The summed E-state index contributed by atoms with van der Waals surface area (Å²) in [6, 6.07) is 0. The van der Waals surface area contributed by atoms with Gasteiger partial charge in [0.25, 0.3) is 0 Å². The second kappa shape index (κ2) is 6.78. The molecule has 0 saturated heterocycles. The zero-order valence-electron chi connectivity index (χ0n) is 6.45. The fraction of sp³-hybridized carbons (Fsp3) is 0.750. The molecule has 0 saturated carbocycles. The van der Waals surface area contributed by atoms with Crippen LogP contribution in [0.3, 0.4) is 0 Å². The van der Waals surface area contributed by atoms with Crippen LogP contribution in [0.25, 0.3) is 0 Å². The van der Waals surface area contributed by atoms with Gasteiger partial charge in [-0.15, -0.1) is 0 Å². The van der Waals surface area contributed by atoms with Crippen LogP contribution in [0.15, 0.2) is 12.2 Å². The van der Waals surface area contributed by atoms with Crippen molar-refractivity contribution in [3.8, 4) is 0 Å². The first kappa shape index (κ1) is 9.66. The summed E-state index contributed by atoms with van der Waals surface area (Å²) in [7, 11) is 0. The van der Waals surface area contributed by atoms with Crippen molar-refractivity contribution < 1.29 is 10.2 Å². The minimum absolute atomic E-state index is 0.0683. The predicted octanol–water partition coefficient (Wildman–Crippen LogP) is 1.09. The molecule has 2 heteroatoms. The van der Waals surface area contributed by atoms with E-state index in [-0.39, 0.29) is 12.7 Å². The van der Waals surface area contributed by atoms with Crippen molar-refractivity contribution in [2.45, 2.75) is 32.3 Å². The fourth-order valence-electron chi connectivity index (χ4n) is 0.779.